The van der Waals surface area contributed by atoms with Crippen molar-refractivity contribution < 1.29 is 5.11 Å². The van der Waals surface area contributed by atoms with Crippen molar-refractivity contribution in [2.45, 2.75) is 45.6 Å². The molecule has 5 nitrogen and oxygen atoms in total. The zero-order valence-electron chi connectivity index (χ0n) is 15.5. The number of hydrogen-bond acceptors (Lipinski definition) is 6. The van der Waals surface area contributed by atoms with E-state index in [9.17, 15) is 5.11 Å². The van der Waals surface area contributed by atoms with Gasteiger partial charge in [0.25, 0.3) is 0 Å². The molecule has 0 fully saturated rings. The van der Waals surface area contributed by atoms with Gasteiger partial charge < -0.3 is 10.0 Å². The van der Waals surface area contributed by atoms with Gasteiger partial charge in [0.2, 0.25) is 0 Å². The van der Waals surface area contributed by atoms with Crippen LogP contribution in [0.1, 0.15) is 37.6 Å². The van der Waals surface area contributed by atoms with E-state index in [1.807, 2.05) is 26.0 Å². The van der Waals surface area contributed by atoms with Crippen LogP contribution in [0.3, 0.4) is 0 Å². The van der Waals surface area contributed by atoms with Gasteiger partial charge in [0.05, 0.1) is 11.0 Å². The summed E-state index contributed by atoms with van der Waals surface area (Å²) in [6, 6.07) is 3.90. The molecule has 0 bridgehead atoms. The van der Waals surface area contributed by atoms with Crippen LogP contribution in [0.5, 0.6) is 0 Å². The molecule has 1 aliphatic rings. The van der Waals surface area contributed by atoms with Crippen LogP contribution >= 0.6 is 11.3 Å². The van der Waals surface area contributed by atoms with Gasteiger partial charge in [-0.1, -0.05) is 0 Å². The number of aryl methyl sites for hydroxylation is 2. The summed E-state index contributed by atoms with van der Waals surface area (Å²) in [7, 11) is 0. The van der Waals surface area contributed by atoms with Gasteiger partial charge in [-0.25, -0.2) is 9.97 Å². The molecule has 0 radical (unpaired) electrons. The largest absolute Gasteiger partial charge is 0.389 e. The summed E-state index contributed by atoms with van der Waals surface area (Å²) < 4.78 is 0. The molecule has 3 aromatic rings. The quantitative estimate of drug-likeness (QED) is 0.741. The summed E-state index contributed by atoms with van der Waals surface area (Å²) in [6.45, 7) is 7.11. The van der Waals surface area contributed by atoms with Crippen LogP contribution in [0.4, 0.5) is 5.82 Å². The van der Waals surface area contributed by atoms with Crippen LogP contribution in [0, 0.1) is 0 Å². The van der Waals surface area contributed by atoms with Crippen LogP contribution in [0.25, 0.3) is 21.6 Å². The number of aromatic nitrogens is 3. The number of thiophene rings is 1. The summed E-state index contributed by atoms with van der Waals surface area (Å²) >= 11 is 1.79. The molecule has 26 heavy (non-hydrogen) atoms. The SMILES string of the molecule is CCN(CC(C)(C)O)c1nc(-c2cccnc2)nc2sc3c(c12)CCC3. The van der Waals surface area contributed by atoms with Crippen molar-refractivity contribution in [3.8, 4) is 11.4 Å². The maximum absolute atomic E-state index is 10.4. The molecule has 3 heterocycles. The van der Waals surface area contributed by atoms with Crippen molar-refractivity contribution in [3.05, 3.63) is 35.0 Å². The molecule has 0 aromatic carbocycles. The molecule has 136 valence electrons. The summed E-state index contributed by atoms with van der Waals surface area (Å²) in [5.41, 5.74) is 1.54. The Hall–Kier alpha value is -2.05. The molecule has 0 unspecified atom stereocenters. The predicted molar refractivity (Wildman–Crippen MR) is 107 cm³/mol. The number of anilines is 1. The van der Waals surface area contributed by atoms with Gasteiger partial charge in [0.15, 0.2) is 5.82 Å². The minimum absolute atomic E-state index is 0.534. The first-order chi connectivity index (χ1) is 12.5. The van der Waals surface area contributed by atoms with Crippen molar-refractivity contribution in [3.63, 3.8) is 0 Å². The molecular formula is C20H24N4OS. The maximum atomic E-state index is 10.4. The molecule has 4 rings (SSSR count). The highest BCUT2D eigenvalue weighted by molar-refractivity contribution is 7.19. The van der Waals surface area contributed by atoms with Gasteiger partial charge >= 0.3 is 0 Å². The smallest absolute Gasteiger partial charge is 0.164 e. The zero-order chi connectivity index (χ0) is 18.3. The number of rotatable bonds is 5. The highest BCUT2D eigenvalue weighted by Crippen LogP contribution is 2.41. The van der Waals surface area contributed by atoms with Crippen LogP contribution in [-0.4, -0.2) is 38.7 Å². The van der Waals surface area contributed by atoms with Gasteiger partial charge in [-0.2, -0.15) is 0 Å². The highest BCUT2D eigenvalue weighted by Gasteiger charge is 2.27. The minimum atomic E-state index is -0.791. The average Bonchev–Trinajstić information content (AvgIpc) is 3.19. The van der Waals surface area contributed by atoms with E-state index >= 15 is 0 Å². The summed E-state index contributed by atoms with van der Waals surface area (Å²) in [4.78, 5) is 18.7. The van der Waals surface area contributed by atoms with E-state index < -0.39 is 5.60 Å². The van der Waals surface area contributed by atoms with Crippen LogP contribution < -0.4 is 4.90 Å². The third-order valence-corrected chi connectivity index (χ3v) is 5.91. The molecular weight excluding hydrogens is 344 g/mol. The second kappa shape index (κ2) is 6.59. The van der Waals surface area contributed by atoms with E-state index in [-0.39, 0.29) is 0 Å². The van der Waals surface area contributed by atoms with E-state index in [1.165, 1.54) is 22.2 Å². The number of nitrogens with zero attached hydrogens (tertiary/aromatic N) is 4. The molecule has 0 aliphatic heterocycles. The Bertz CT molecular complexity index is 930. The predicted octanol–water partition coefficient (Wildman–Crippen LogP) is 3.84. The van der Waals surface area contributed by atoms with E-state index in [0.717, 1.165) is 35.6 Å². The molecule has 0 amide bonds. The summed E-state index contributed by atoms with van der Waals surface area (Å²) in [5, 5.41) is 11.6. The topological polar surface area (TPSA) is 62.1 Å². The Labute approximate surface area is 157 Å². The summed E-state index contributed by atoms with van der Waals surface area (Å²) in [5.74, 6) is 1.65. The Balaban J connectivity index is 1.93. The molecule has 6 heteroatoms. The first-order valence-electron chi connectivity index (χ1n) is 9.16. The fourth-order valence-electron chi connectivity index (χ4n) is 3.63. The van der Waals surface area contributed by atoms with E-state index in [2.05, 4.69) is 16.8 Å². The number of hydrogen-bond donors (Lipinski definition) is 1. The number of aliphatic hydroxyl groups is 1. The third kappa shape index (κ3) is 3.19. The normalized spacial score (nSPS) is 14.0. The number of pyridine rings is 1. The Morgan fingerprint density at radius 2 is 2.12 bits per heavy atom. The maximum Gasteiger partial charge on any atom is 0.164 e. The Kier molecular flexibility index (Phi) is 4.40. The molecule has 0 saturated carbocycles. The van der Waals surface area contributed by atoms with E-state index in [4.69, 9.17) is 9.97 Å². The Morgan fingerprint density at radius 3 is 2.81 bits per heavy atom. The van der Waals surface area contributed by atoms with Crippen molar-refractivity contribution in [2.24, 2.45) is 0 Å². The van der Waals surface area contributed by atoms with Crippen molar-refractivity contribution in [2.75, 3.05) is 18.0 Å². The molecule has 1 aliphatic carbocycles. The lowest BCUT2D eigenvalue weighted by Crippen LogP contribution is -2.39. The van der Waals surface area contributed by atoms with Crippen molar-refractivity contribution in [1.82, 2.24) is 15.0 Å². The lowest BCUT2D eigenvalue weighted by atomic mass is 10.1. The average molecular weight is 369 g/mol. The van der Waals surface area contributed by atoms with Gasteiger partial charge in [0, 0.05) is 35.9 Å². The second-order valence-corrected chi connectivity index (χ2v) is 8.56. The molecule has 0 atom stereocenters. The van der Waals surface area contributed by atoms with Gasteiger partial charge in [-0.15, -0.1) is 11.3 Å². The van der Waals surface area contributed by atoms with Gasteiger partial charge in [0.1, 0.15) is 10.6 Å². The highest BCUT2D eigenvalue weighted by atomic mass is 32.1. The number of likely N-dealkylation sites (N-methyl/N-ethyl adjacent to an activating group) is 1. The van der Waals surface area contributed by atoms with E-state index in [1.54, 1.807) is 23.7 Å². The zero-order valence-corrected chi connectivity index (χ0v) is 16.3. The van der Waals surface area contributed by atoms with Crippen molar-refractivity contribution in [1.29, 1.82) is 0 Å². The first kappa shape index (κ1) is 17.4. The monoisotopic (exact) mass is 368 g/mol. The molecule has 0 spiro atoms. The fourth-order valence-corrected chi connectivity index (χ4v) is 4.89. The third-order valence-electron chi connectivity index (χ3n) is 4.72. The lowest BCUT2D eigenvalue weighted by molar-refractivity contribution is 0.0875. The standard InChI is InChI=1S/C20H24N4OS/c1-4-24(12-20(2,3)25)18-16-14-8-5-9-15(14)26-19(16)23-17(22-18)13-7-6-10-21-11-13/h6-7,10-11,25H,4-5,8-9,12H2,1-3H3. The molecule has 1 N–H and O–H groups in total. The van der Waals surface area contributed by atoms with Crippen LogP contribution in [0.15, 0.2) is 24.5 Å². The number of fused-ring (bicyclic) bond motifs is 3. The fraction of sp³-hybridized carbons (Fsp3) is 0.450. The Morgan fingerprint density at radius 1 is 1.27 bits per heavy atom. The van der Waals surface area contributed by atoms with E-state index in [0.29, 0.717) is 12.4 Å². The van der Waals surface area contributed by atoms with Crippen LogP contribution in [0.2, 0.25) is 0 Å². The summed E-state index contributed by atoms with van der Waals surface area (Å²) in [6.07, 6.45) is 7.00. The van der Waals surface area contributed by atoms with Gasteiger partial charge in [-0.05, 0) is 57.7 Å². The minimum Gasteiger partial charge on any atom is -0.389 e. The molecule has 3 aromatic heterocycles. The molecule has 0 saturated heterocycles. The lowest BCUT2D eigenvalue weighted by Gasteiger charge is -2.30. The second-order valence-electron chi connectivity index (χ2n) is 7.48. The van der Waals surface area contributed by atoms with Crippen LogP contribution in [-0.2, 0) is 12.8 Å². The van der Waals surface area contributed by atoms with Crippen molar-refractivity contribution >= 4 is 27.4 Å². The first-order valence-corrected chi connectivity index (χ1v) is 9.98. The van der Waals surface area contributed by atoms with Gasteiger partial charge in [-0.3, -0.25) is 4.98 Å².